The van der Waals surface area contributed by atoms with Crippen LogP contribution in [0.25, 0.3) is 0 Å². The van der Waals surface area contributed by atoms with Crippen molar-refractivity contribution in [3.05, 3.63) is 59.4 Å². The number of carbonyl (C=O) groups is 2. The summed E-state index contributed by atoms with van der Waals surface area (Å²) in [5.41, 5.74) is 3.42. The Labute approximate surface area is 225 Å². The van der Waals surface area contributed by atoms with E-state index in [9.17, 15) is 18.0 Å². The molecule has 2 saturated heterocycles. The van der Waals surface area contributed by atoms with Gasteiger partial charge in [0.2, 0.25) is 5.91 Å². The molecule has 4 heterocycles. The van der Waals surface area contributed by atoms with Crippen LogP contribution in [-0.4, -0.2) is 83.4 Å². The molecule has 0 aliphatic carbocycles. The van der Waals surface area contributed by atoms with Gasteiger partial charge >= 0.3 is 12.1 Å². The molecule has 1 N–H and O–H groups in total. The number of carbonyl (C=O) groups excluding carboxylic acids is 1. The van der Waals surface area contributed by atoms with Crippen molar-refractivity contribution in [2.45, 2.75) is 50.4 Å². The number of rotatable bonds is 6. The van der Waals surface area contributed by atoms with Crippen LogP contribution >= 0.6 is 0 Å². The van der Waals surface area contributed by atoms with Crippen molar-refractivity contribution in [2.24, 2.45) is 5.92 Å². The highest BCUT2D eigenvalue weighted by Gasteiger charge is 2.50. The Morgan fingerprint density at radius 1 is 1.23 bits per heavy atom. The lowest BCUT2D eigenvalue weighted by atomic mass is 9.75. The topological polar surface area (TPSA) is 92.2 Å². The molecule has 212 valence electrons. The van der Waals surface area contributed by atoms with Crippen molar-refractivity contribution >= 4 is 11.9 Å². The molecule has 0 saturated carbocycles. The fourth-order valence-corrected chi connectivity index (χ4v) is 5.39. The number of alkyl halides is 3. The van der Waals surface area contributed by atoms with Crippen LogP contribution in [-0.2, 0) is 33.8 Å². The summed E-state index contributed by atoms with van der Waals surface area (Å²) in [5, 5.41) is 7.12. The molecule has 11 heteroatoms. The highest BCUT2D eigenvalue weighted by atomic mass is 19.4. The fraction of sp³-hybridized carbons (Fsp3) is 0.536. The van der Waals surface area contributed by atoms with Crippen LogP contribution in [0.2, 0.25) is 0 Å². The molecule has 1 unspecified atom stereocenters. The third-order valence-electron chi connectivity index (χ3n) is 7.57. The number of fused-ring (bicyclic) bond motifs is 1. The summed E-state index contributed by atoms with van der Waals surface area (Å²) in [5.74, 6) is -1.01. The number of hydrogen-bond acceptors (Lipinski definition) is 6. The van der Waals surface area contributed by atoms with Gasteiger partial charge in [0.1, 0.15) is 5.75 Å². The van der Waals surface area contributed by atoms with E-state index >= 15 is 0 Å². The monoisotopic (exact) mass is 549 g/mol. The Kier molecular flexibility index (Phi) is 9.12. The van der Waals surface area contributed by atoms with Gasteiger partial charge in [-0.3, -0.25) is 14.7 Å². The normalized spacial score (nSPS) is 20.2. The minimum atomic E-state index is -5.08. The molecule has 5 rings (SSSR count). The van der Waals surface area contributed by atoms with E-state index in [2.05, 4.69) is 23.0 Å². The molecular weight excluding hydrogens is 515 g/mol. The van der Waals surface area contributed by atoms with Crippen molar-refractivity contribution in [3.8, 4) is 5.75 Å². The predicted molar refractivity (Wildman–Crippen MR) is 136 cm³/mol. The number of likely N-dealkylation sites (tertiary alicyclic amines) is 2. The van der Waals surface area contributed by atoms with E-state index in [0.29, 0.717) is 18.9 Å². The molecule has 39 heavy (non-hydrogen) atoms. The van der Waals surface area contributed by atoms with Gasteiger partial charge in [-0.2, -0.15) is 13.2 Å². The number of amides is 1. The zero-order chi connectivity index (χ0) is 28.0. The number of nitrogens with zero attached hydrogens (tertiary/aromatic N) is 3. The molecule has 0 radical (unpaired) electrons. The van der Waals surface area contributed by atoms with Crippen LogP contribution in [0.1, 0.15) is 36.1 Å². The molecular formula is C28H34F3N3O5. The van der Waals surface area contributed by atoms with Gasteiger partial charge in [-0.1, -0.05) is 18.2 Å². The second-order valence-electron chi connectivity index (χ2n) is 10.5. The van der Waals surface area contributed by atoms with Gasteiger partial charge < -0.3 is 19.5 Å². The van der Waals surface area contributed by atoms with E-state index in [1.165, 1.54) is 5.56 Å². The first-order chi connectivity index (χ1) is 18.6. The number of carboxylic acids is 1. The van der Waals surface area contributed by atoms with Crippen LogP contribution in [0.4, 0.5) is 13.2 Å². The standard InChI is InChI=1S/C26H33N3O3.C2HF3O2/c1-28-11-9-21(16-31-17-23-6-2-3-10-27-23)15-26(28)18-29(19-26)25(30)14-20-7-8-24-22(13-20)5-4-12-32-24;3-2(4,5)1(6)7/h2-3,6-8,10,13,21H,4-5,9,11-12,14-19H2,1H3;(H,6,7). The molecule has 8 nitrogen and oxygen atoms in total. The number of carboxylic acid groups (broad SMARTS) is 1. The molecule has 1 amide bonds. The van der Waals surface area contributed by atoms with Crippen molar-refractivity contribution in [2.75, 3.05) is 39.9 Å². The Bertz CT molecular complexity index is 1140. The number of pyridine rings is 1. The third kappa shape index (κ3) is 7.48. The Morgan fingerprint density at radius 2 is 2.00 bits per heavy atom. The minimum Gasteiger partial charge on any atom is -0.493 e. The van der Waals surface area contributed by atoms with E-state index in [-0.39, 0.29) is 11.4 Å². The Balaban J connectivity index is 0.000000448. The van der Waals surface area contributed by atoms with Crippen LogP contribution in [0.3, 0.4) is 0 Å². The van der Waals surface area contributed by atoms with Gasteiger partial charge in [0.05, 0.1) is 37.5 Å². The lowest BCUT2D eigenvalue weighted by molar-refractivity contribution is -0.192. The Morgan fingerprint density at radius 3 is 2.69 bits per heavy atom. The maximum atomic E-state index is 13.0. The zero-order valence-corrected chi connectivity index (χ0v) is 22.0. The number of halogens is 3. The molecule has 2 fully saturated rings. The minimum absolute atomic E-state index is 0.108. The Hall–Kier alpha value is -3.18. The van der Waals surface area contributed by atoms with Gasteiger partial charge in [-0.15, -0.1) is 0 Å². The van der Waals surface area contributed by atoms with Crippen LogP contribution in [0.5, 0.6) is 5.75 Å². The molecule has 0 bridgehead atoms. The SMILES string of the molecule is CN1CCC(COCc2ccccn2)CC12CN(C(=O)Cc1ccc3c(c1)CCCO3)C2.O=C(O)C(F)(F)F. The predicted octanol–water partition coefficient (Wildman–Crippen LogP) is 3.72. The summed E-state index contributed by atoms with van der Waals surface area (Å²) in [6.07, 6.45) is 1.53. The second kappa shape index (κ2) is 12.3. The molecule has 1 aromatic carbocycles. The lowest BCUT2D eigenvalue weighted by Crippen LogP contribution is -2.72. The van der Waals surface area contributed by atoms with Crippen molar-refractivity contribution in [3.63, 3.8) is 0 Å². The molecule has 3 aliphatic rings. The molecule has 1 aromatic heterocycles. The molecule has 3 aliphatic heterocycles. The molecule has 1 spiro atoms. The van der Waals surface area contributed by atoms with Gasteiger partial charge in [-0.05, 0) is 74.5 Å². The number of benzene rings is 1. The number of piperidine rings is 1. The van der Waals surface area contributed by atoms with Gasteiger partial charge in [0.25, 0.3) is 0 Å². The number of ether oxygens (including phenoxy) is 2. The van der Waals surface area contributed by atoms with E-state index < -0.39 is 12.1 Å². The summed E-state index contributed by atoms with van der Waals surface area (Å²) in [6.45, 7) is 4.84. The zero-order valence-electron chi connectivity index (χ0n) is 22.0. The fourth-order valence-electron chi connectivity index (χ4n) is 5.39. The van der Waals surface area contributed by atoms with Gasteiger partial charge in [-0.25, -0.2) is 4.79 Å². The average molecular weight is 550 g/mol. The highest BCUT2D eigenvalue weighted by molar-refractivity contribution is 5.80. The van der Waals surface area contributed by atoms with E-state index in [1.807, 2.05) is 35.2 Å². The second-order valence-corrected chi connectivity index (χ2v) is 10.5. The molecule has 2 aromatic rings. The molecule has 1 atom stereocenters. The van der Waals surface area contributed by atoms with E-state index in [0.717, 1.165) is 75.5 Å². The quantitative estimate of drug-likeness (QED) is 0.587. The first kappa shape index (κ1) is 28.8. The number of aryl methyl sites for hydroxylation is 1. The maximum absolute atomic E-state index is 13.0. The van der Waals surface area contributed by atoms with Crippen LogP contribution in [0, 0.1) is 5.92 Å². The third-order valence-corrected chi connectivity index (χ3v) is 7.57. The number of aromatic nitrogens is 1. The summed E-state index contributed by atoms with van der Waals surface area (Å²) >= 11 is 0. The summed E-state index contributed by atoms with van der Waals surface area (Å²) in [6, 6.07) is 12.1. The summed E-state index contributed by atoms with van der Waals surface area (Å²) < 4.78 is 43.4. The van der Waals surface area contributed by atoms with Crippen molar-refractivity contribution in [1.29, 1.82) is 0 Å². The smallest absolute Gasteiger partial charge is 0.490 e. The largest absolute Gasteiger partial charge is 0.493 e. The summed E-state index contributed by atoms with van der Waals surface area (Å²) in [4.78, 5) is 30.7. The number of hydrogen-bond donors (Lipinski definition) is 1. The number of likely N-dealkylation sites (N-methyl/N-ethyl adjacent to an activating group) is 1. The lowest BCUT2D eigenvalue weighted by Gasteiger charge is -2.58. The van der Waals surface area contributed by atoms with Gasteiger partial charge in [0, 0.05) is 19.3 Å². The maximum Gasteiger partial charge on any atom is 0.490 e. The van der Waals surface area contributed by atoms with Crippen LogP contribution < -0.4 is 4.74 Å². The first-order valence-electron chi connectivity index (χ1n) is 13.1. The first-order valence-corrected chi connectivity index (χ1v) is 13.1. The van der Waals surface area contributed by atoms with Gasteiger partial charge in [0.15, 0.2) is 0 Å². The summed E-state index contributed by atoms with van der Waals surface area (Å²) in [7, 11) is 2.20. The average Bonchev–Trinajstić information content (AvgIpc) is 2.88. The van der Waals surface area contributed by atoms with E-state index in [4.69, 9.17) is 19.4 Å². The van der Waals surface area contributed by atoms with Crippen molar-refractivity contribution in [1.82, 2.24) is 14.8 Å². The number of aliphatic carboxylic acids is 1. The van der Waals surface area contributed by atoms with E-state index in [1.54, 1.807) is 6.20 Å². The van der Waals surface area contributed by atoms with Crippen molar-refractivity contribution < 1.29 is 37.3 Å². The van der Waals surface area contributed by atoms with Crippen LogP contribution in [0.15, 0.2) is 42.6 Å². The highest BCUT2D eigenvalue weighted by Crippen LogP contribution is 2.38.